The molecular weight excluding hydrogens is 294 g/mol. The van der Waals surface area contributed by atoms with E-state index in [4.69, 9.17) is 4.74 Å². The molecule has 1 aromatic carbocycles. The van der Waals surface area contributed by atoms with Gasteiger partial charge in [0, 0.05) is 38.0 Å². The summed E-state index contributed by atoms with van der Waals surface area (Å²) in [6.07, 6.45) is 2.38. The first-order chi connectivity index (χ1) is 11.1. The number of hydrogen-bond acceptors (Lipinski definition) is 3. The van der Waals surface area contributed by atoms with Gasteiger partial charge in [-0.1, -0.05) is 18.2 Å². The average molecular weight is 317 g/mol. The number of fused-ring (bicyclic) bond motifs is 1. The first-order valence-electron chi connectivity index (χ1n) is 8.18. The molecule has 3 amide bonds. The van der Waals surface area contributed by atoms with Crippen LogP contribution in [-0.4, -0.2) is 42.6 Å². The first-order valence-corrected chi connectivity index (χ1v) is 8.18. The molecule has 0 bridgehead atoms. The van der Waals surface area contributed by atoms with E-state index in [0.717, 1.165) is 30.6 Å². The minimum absolute atomic E-state index is 0.0164. The maximum atomic E-state index is 12.3. The highest BCUT2D eigenvalue weighted by Gasteiger charge is 2.25. The van der Waals surface area contributed by atoms with Gasteiger partial charge in [-0.05, 0) is 18.9 Å². The number of benzene rings is 1. The molecule has 6 heteroatoms. The molecule has 6 nitrogen and oxygen atoms in total. The molecular formula is C17H23N3O3. The Labute approximate surface area is 136 Å². The number of carbonyl (C=O) groups excluding carboxylic acids is 2. The summed E-state index contributed by atoms with van der Waals surface area (Å²) in [4.78, 5) is 25.4. The van der Waals surface area contributed by atoms with E-state index < -0.39 is 0 Å². The zero-order chi connectivity index (χ0) is 16.2. The SMILES string of the molecule is CC(=O)N1CCC(NC(=O)N[C@@H]2CCOc3ccccc32)CC1. The lowest BCUT2D eigenvalue weighted by atomic mass is 10.0. The van der Waals surface area contributed by atoms with E-state index in [0.29, 0.717) is 19.7 Å². The third-order valence-corrected chi connectivity index (χ3v) is 4.54. The van der Waals surface area contributed by atoms with Crippen LogP contribution >= 0.6 is 0 Å². The Kier molecular flexibility index (Phi) is 4.69. The lowest BCUT2D eigenvalue weighted by molar-refractivity contribution is -0.129. The fourth-order valence-electron chi connectivity index (χ4n) is 3.22. The van der Waals surface area contributed by atoms with E-state index in [2.05, 4.69) is 10.6 Å². The monoisotopic (exact) mass is 317 g/mol. The van der Waals surface area contributed by atoms with Crippen LogP contribution < -0.4 is 15.4 Å². The van der Waals surface area contributed by atoms with Gasteiger partial charge in [0.05, 0.1) is 12.6 Å². The van der Waals surface area contributed by atoms with Crippen molar-refractivity contribution in [2.75, 3.05) is 19.7 Å². The van der Waals surface area contributed by atoms with Gasteiger partial charge in [-0.25, -0.2) is 4.79 Å². The van der Waals surface area contributed by atoms with Crippen molar-refractivity contribution in [1.29, 1.82) is 0 Å². The number of hydrogen-bond donors (Lipinski definition) is 2. The molecule has 1 fully saturated rings. The summed E-state index contributed by atoms with van der Waals surface area (Å²) in [5.74, 6) is 0.950. The van der Waals surface area contributed by atoms with Gasteiger partial charge in [-0.2, -0.15) is 0 Å². The fourth-order valence-corrected chi connectivity index (χ4v) is 3.22. The largest absolute Gasteiger partial charge is 0.493 e. The maximum Gasteiger partial charge on any atom is 0.315 e. The molecule has 2 aliphatic rings. The van der Waals surface area contributed by atoms with Gasteiger partial charge in [0.15, 0.2) is 0 Å². The second-order valence-corrected chi connectivity index (χ2v) is 6.13. The Morgan fingerprint density at radius 1 is 1.13 bits per heavy atom. The topological polar surface area (TPSA) is 70.7 Å². The summed E-state index contributed by atoms with van der Waals surface area (Å²) in [6, 6.07) is 7.77. The van der Waals surface area contributed by atoms with Crippen molar-refractivity contribution in [3.05, 3.63) is 29.8 Å². The van der Waals surface area contributed by atoms with E-state index in [1.54, 1.807) is 6.92 Å². The number of nitrogens with zero attached hydrogens (tertiary/aromatic N) is 1. The Hall–Kier alpha value is -2.24. The molecule has 1 atom stereocenters. The normalized spacial score (nSPS) is 21.1. The molecule has 0 unspecified atom stereocenters. The first kappa shape index (κ1) is 15.6. The Morgan fingerprint density at radius 2 is 1.87 bits per heavy atom. The summed E-state index contributed by atoms with van der Waals surface area (Å²) in [5.41, 5.74) is 1.03. The number of ether oxygens (including phenoxy) is 1. The molecule has 0 aromatic heterocycles. The third kappa shape index (κ3) is 3.75. The van der Waals surface area contributed by atoms with Gasteiger partial charge in [0.25, 0.3) is 0 Å². The van der Waals surface area contributed by atoms with Crippen molar-refractivity contribution in [3.8, 4) is 5.75 Å². The number of nitrogens with one attached hydrogen (secondary N) is 2. The summed E-state index contributed by atoms with van der Waals surface area (Å²) < 4.78 is 5.61. The van der Waals surface area contributed by atoms with Crippen LogP contribution in [0.2, 0.25) is 0 Å². The van der Waals surface area contributed by atoms with Gasteiger partial charge < -0.3 is 20.3 Å². The number of amides is 3. The van der Waals surface area contributed by atoms with Gasteiger partial charge in [-0.15, -0.1) is 0 Å². The quantitative estimate of drug-likeness (QED) is 0.874. The van der Waals surface area contributed by atoms with Gasteiger partial charge >= 0.3 is 6.03 Å². The van der Waals surface area contributed by atoms with E-state index in [9.17, 15) is 9.59 Å². The molecule has 2 aliphatic heterocycles. The van der Waals surface area contributed by atoms with E-state index in [1.165, 1.54) is 0 Å². The van der Waals surface area contributed by atoms with Crippen molar-refractivity contribution < 1.29 is 14.3 Å². The maximum absolute atomic E-state index is 12.3. The highest BCUT2D eigenvalue weighted by Crippen LogP contribution is 2.31. The fraction of sp³-hybridized carbons (Fsp3) is 0.529. The second kappa shape index (κ2) is 6.89. The van der Waals surface area contributed by atoms with Crippen LogP contribution in [0.5, 0.6) is 5.75 Å². The van der Waals surface area contributed by atoms with Crippen LogP contribution in [0.4, 0.5) is 4.79 Å². The molecule has 1 aromatic rings. The van der Waals surface area contributed by atoms with Crippen LogP contribution in [0.15, 0.2) is 24.3 Å². The molecule has 23 heavy (non-hydrogen) atoms. The lowest BCUT2D eigenvalue weighted by Gasteiger charge is -2.32. The van der Waals surface area contributed by atoms with Gasteiger partial charge in [0.1, 0.15) is 5.75 Å². The second-order valence-electron chi connectivity index (χ2n) is 6.13. The highest BCUT2D eigenvalue weighted by atomic mass is 16.5. The summed E-state index contributed by atoms with van der Waals surface area (Å²) in [7, 11) is 0. The molecule has 0 saturated carbocycles. The number of rotatable bonds is 2. The Morgan fingerprint density at radius 3 is 2.61 bits per heavy atom. The minimum atomic E-state index is -0.145. The van der Waals surface area contributed by atoms with Crippen molar-refractivity contribution >= 4 is 11.9 Å². The van der Waals surface area contributed by atoms with Crippen molar-refractivity contribution in [2.24, 2.45) is 0 Å². The van der Waals surface area contributed by atoms with Gasteiger partial charge in [0.2, 0.25) is 5.91 Å². The summed E-state index contributed by atoms with van der Waals surface area (Å²) in [6.45, 7) is 3.61. The van der Waals surface area contributed by atoms with Crippen molar-refractivity contribution in [2.45, 2.75) is 38.3 Å². The zero-order valence-corrected chi connectivity index (χ0v) is 13.4. The van der Waals surface area contributed by atoms with Crippen molar-refractivity contribution in [3.63, 3.8) is 0 Å². The lowest BCUT2D eigenvalue weighted by Crippen LogP contribution is -2.49. The highest BCUT2D eigenvalue weighted by molar-refractivity contribution is 5.75. The predicted octanol–water partition coefficient (Wildman–Crippen LogP) is 1.82. The smallest absolute Gasteiger partial charge is 0.315 e. The zero-order valence-electron chi connectivity index (χ0n) is 13.4. The predicted molar refractivity (Wildman–Crippen MR) is 86.2 cm³/mol. The number of urea groups is 1. The van der Waals surface area contributed by atoms with Crippen molar-refractivity contribution in [1.82, 2.24) is 15.5 Å². The van der Waals surface area contributed by atoms with Crippen LogP contribution in [-0.2, 0) is 4.79 Å². The van der Waals surface area contributed by atoms with Crippen LogP contribution in [0.1, 0.15) is 37.8 Å². The molecule has 124 valence electrons. The number of carbonyl (C=O) groups is 2. The molecule has 0 aliphatic carbocycles. The minimum Gasteiger partial charge on any atom is -0.493 e. The summed E-state index contributed by atoms with van der Waals surface area (Å²) >= 11 is 0. The van der Waals surface area contributed by atoms with E-state index >= 15 is 0 Å². The molecule has 3 rings (SSSR count). The number of likely N-dealkylation sites (tertiary alicyclic amines) is 1. The Bertz CT molecular complexity index is 582. The average Bonchev–Trinajstić information content (AvgIpc) is 2.55. The van der Waals surface area contributed by atoms with E-state index in [1.807, 2.05) is 29.2 Å². The molecule has 2 N–H and O–H groups in total. The third-order valence-electron chi connectivity index (χ3n) is 4.54. The molecule has 2 heterocycles. The summed E-state index contributed by atoms with van der Waals surface area (Å²) in [5, 5.41) is 6.07. The molecule has 1 saturated heterocycles. The number of para-hydroxylation sites is 1. The molecule has 0 radical (unpaired) electrons. The van der Waals surface area contributed by atoms with Crippen LogP contribution in [0.3, 0.4) is 0 Å². The van der Waals surface area contributed by atoms with Crippen LogP contribution in [0, 0.1) is 0 Å². The van der Waals surface area contributed by atoms with Crippen LogP contribution in [0.25, 0.3) is 0 Å². The van der Waals surface area contributed by atoms with Gasteiger partial charge in [-0.3, -0.25) is 4.79 Å². The standard InChI is InChI=1S/C17H23N3O3/c1-12(21)20-9-6-13(7-10-20)18-17(22)19-15-8-11-23-16-5-3-2-4-14(15)16/h2-5,13,15H,6-11H2,1H3,(H2,18,19,22)/t15-/m1/s1. The number of piperidine rings is 1. The molecule has 0 spiro atoms. The Balaban J connectivity index is 1.52. The van der Waals surface area contributed by atoms with E-state index in [-0.39, 0.29) is 24.0 Å².